The van der Waals surface area contributed by atoms with E-state index in [1.54, 1.807) is 30.6 Å². The van der Waals surface area contributed by atoms with Gasteiger partial charge in [-0.1, -0.05) is 19.1 Å². The average molecular weight is 539 g/mol. The minimum Gasteiger partial charge on any atom is -0.491 e. The first-order valence-electron chi connectivity index (χ1n) is 11.9. The molecule has 0 aliphatic carbocycles. The van der Waals surface area contributed by atoms with Crippen LogP contribution < -0.4 is 15.4 Å². The van der Waals surface area contributed by atoms with Gasteiger partial charge in [0.1, 0.15) is 23.9 Å². The number of hydrogen-bond donors (Lipinski definition) is 2. The monoisotopic (exact) mass is 538 g/mol. The number of methoxy groups -OCH3 is 1. The van der Waals surface area contributed by atoms with Crippen LogP contribution in [0, 0.1) is 10.1 Å². The molecule has 2 rings (SSSR count). The van der Waals surface area contributed by atoms with Crippen molar-refractivity contribution in [2.45, 2.75) is 36.8 Å². The van der Waals surface area contributed by atoms with E-state index in [-0.39, 0.29) is 5.37 Å². The summed E-state index contributed by atoms with van der Waals surface area (Å²) in [5.74, 6) is 5.46. The van der Waals surface area contributed by atoms with E-state index in [0.29, 0.717) is 25.6 Å². The van der Waals surface area contributed by atoms with E-state index in [1.807, 2.05) is 50.5 Å². The van der Waals surface area contributed by atoms with Crippen molar-refractivity contribution in [3.63, 3.8) is 0 Å². The molecular weight excluding hydrogens is 500 g/mol. The van der Waals surface area contributed by atoms with Crippen molar-refractivity contribution < 1.29 is 18.8 Å². The van der Waals surface area contributed by atoms with Gasteiger partial charge < -0.3 is 29.4 Å². The van der Waals surface area contributed by atoms with Crippen molar-refractivity contribution in [1.82, 2.24) is 15.5 Å². The molecule has 2 aromatic rings. The number of ether oxygens (including phenoxy) is 2. The number of thioether (sulfide) groups is 2. The number of rotatable bonds is 19. The van der Waals surface area contributed by atoms with E-state index < -0.39 is 4.92 Å². The Kier molecular flexibility index (Phi) is 14.3. The predicted octanol–water partition coefficient (Wildman–Crippen LogP) is 4.52. The van der Waals surface area contributed by atoms with Crippen molar-refractivity contribution >= 4 is 23.5 Å². The standard InChI is InChI=1S/C25H38N4O5S2/c1-5-25(36-18-20-6-8-21(9-7-20)33-14-13-32-4)27-24(17-29(30)31)26-12-15-35-19-23-11-10-22(34-23)16-28(2)3/h6-11,17,25-27H,5,12-16,18-19H2,1-4H3/b24-17+. The Morgan fingerprint density at radius 2 is 1.92 bits per heavy atom. The second kappa shape index (κ2) is 17.2. The molecular formula is C25H38N4O5S2. The van der Waals surface area contributed by atoms with Gasteiger partial charge in [0.15, 0.2) is 5.82 Å². The normalized spacial score (nSPS) is 12.5. The molecule has 1 atom stereocenters. The first-order chi connectivity index (χ1) is 17.4. The summed E-state index contributed by atoms with van der Waals surface area (Å²) in [7, 11) is 5.66. The Morgan fingerprint density at radius 3 is 2.58 bits per heavy atom. The molecule has 0 saturated carbocycles. The summed E-state index contributed by atoms with van der Waals surface area (Å²) < 4.78 is 16.4. The molecule has 0 aliphatic heterocycles. The summed E-state index contributed by atoms with van der Waals surface area (Å²) in [6.07, 6.45) is 1.82. The van der Waals surface area contributed by atoms with Gasteiger partial charge in [-0.05, 0) is 50.3 Å². The molecule has 0 saturated heterocycles. The van der Waals surface area contributed by atoms with Gasteiger partial charge >= 0.3 is 0 Å². The van der Waals surface area contributed by atoms with Crippen LogP contribution in [0.5, 0.6) is 5.75 Å². The second-order valence-corrected chi connectivity index (χ2v) is 10.5. The van der Waals surface area contributed by atoms with Crippen LogP contribution in [0.15, 0.2) is 52.8 Å². The summed E-state index contributed by atoms with van der Waals surface area (Å²) in [6.45, 7) is 4.51. The van der Waals surface area contributed by atoms with Crippen LogP contribution >= 0.6 is 23.5 Å². The predicted molar refractivity (Wildman–Crippen MR) is 148 cm³/mol. The highest BCUT2D eigenvalue weighted by molar-refractivity contribution is 7.99. The van der Waals surface area contributed by atoms with Crippen LogP contribution in [-0.2, 0) is 22.8 Å². The summed E-state index contributed by atoms with van der Waals surface area (Å²) in [5, 5.41) is 17.6. The van der Waals surface area contributed by atoms with Crippen LogP contribution in [0.3, 0.4) is 0 Å². The van der Waals surface area contributed by atoms with Crippen LogP contribution in [0.2, 0.25) is 0 Å². The minimum absolute atomic E-state index is 0.0345. The number of hydrogen-bond acceptors (Lipinski definition) is 10. The third-order valence-electron chi connectivity index (χ3n) is 4.85. The maximum atomic E-state index is 11.1. The van der Waals surface area contributed by atoms with Crippen molar-refractivity contribution in [1.29, 1.82) is 0 Å². The number of nitrogens with one attached hydrogen (secondary N) is 2. The van der Waals surface area contributed by atoms with Crippen molar-refractivity contribution in [3.8, 4) is 5.75 Å². The number of furan rings is 1. The van der Waals surface area contributed by atoms with E-state index in [9.17, 15) is 10.1 Å². The SMILES string of the molecule is CCC(N/C(=C/[N+](=O)[O-])NCCSCc1ccc(CN(C)C)o1)SCc1ccc(OCCOC)cc1. The zero-order valence-corrected chi connectivity index (χ0v) is 23.2. The lowest BCUT2D eigenvalue weighted by Gasteiger charge is -2.20. The van der Waals surface area contributed by atoms with Gasteiger partial charge in [-0.15, -0.1) is 11.8 Å². The molecule has 1 aromatic carbocycles. The Hall–Kier alpha value is -2.34. The largest absolute Gasteiger partial charge is 0.491 e. The van der Waals surface area contributed by atoms with Gasteiger partial charge in [0, 0.05) is 25.2 Å². The smallest absolute Gasteiger partial charge is 0.274 e. The highest BCUT2D eigenvalue weighted by atomic mass is 32.2. The van der Waals surface area contributed by atoms with Gasteiger partial charge in [-0.25, -0.2) is 0 Å². The molecule has 0 amide bonds. The summed E-state index contributed by atoms with van der Waals surface area (Å²) in [4.78, 5) is 12.8. The molecule has 36 heavy (non-hydrogen) atoms. The first kappa shape index (κ1) is 29.9. The molecule has 9 nitrogen and oxygen atoms in total. The summed E-state index contributed by atoms with van der Waals surface area (Å²) in [6, 6.07) is 12.0. The van der Waals surface area contributed by atoms with Gasteiger partial charge in [0.05, 0.1) is 29.2 Å². The minimum atomic E-state index is -0.433. The Balaban J connectivity index is 1.75. The summed E-state index contributed by atoms with van der Waals surface area (Å²) >= 11 is 3.43. The van der Waals surface area contributed by atoms with E-state index >= 15 is 0 Å². The molecule has 0 radical (unpaired) electrons. The first-order valence-corrected chi connectivity index (χ1v) is 14.1. The molecule has 11 heteroatoms. The van der Waals surface area contributed by atoms with E-state index in [2.05, 4.69) is 22.5 Å². The third kappa shape index (κ3) is 12.6. The Labute approximate surface area is 222 Å². The molecule has 0 spiro atoms. The van der Waals surface area contributed by atoms with Crippen LogP contribution in [0.1, 0.15) is 30.4 Å². The van der Waals surface area contributed by atoms with E-state index in [1.165, 1.54) is 0 Å². The second-order valence-electron chi connectivity index (χ2n) is 8.25. The molecule has 0 fully saturated rings. The molecule has 2 N–H and O–H groups in total. The van der Waals surface area contributed by atoms with Crippen molar-refractivity contribution in [3.05, 3.63) is 75.6 Å². The van der Waals surface area contributed by atoms with Gasteiger partial charge in [-0.3, -0.25) is 10.1 Å². The Morgan fingerprint density at radius 1 is 1.17 bits per heavy atom. The summed E-state index contributed by atoms with van der Waals surface area (Å²) in [5.41, 5.74) is 1.16. The number of nitro groups is 1. The molecule has 1 unspecified atom stereocenters. The maximum Gasteiger partial charge on any atom is 0.274 e. The van der Waals surface area contributed by atoms with Crippen LogP contribution in [0.4, 0.5) is 0 Å². The number of nitrogens with zero attached hydrogens (tertiary/aromatic N) is 2. The molecule has 1 aromatic heterocycles. The molecule has 1 heterocycles. The lowest BCUT2D eigenvalue weighted by atomic mass is 10.2. The molecule has 200 valence electrons. The zero-order valence-electron chi connectivity index (χ0n) is 21.5. The fourth-order valence-corrected chi connectivity index (χ4v) is 4.90. The highest BCUT2D eigenvalue weighted by Crippen LogP contribution is 2.21. The number of benzene rings is 1. The third-order valence-corrected chi connectivity index (χ3v) is 7.18. The maximum absolute atomic E-state index is 11.1. The topological polar surface area (TPSA) is 102 Å². The molecule has 0 aliphatic rings. The zero-order chi connectivity index (χ0) is 26.2. The van der Waals surface area contributed by atoms with Crippen LogP contribution in [0.25, 0.3) is 0 Å². The molecule has 0 bridgehead atoms. The van der Waals surface area contributed by atoms with E-state index in [0.717, 1.165) is 59.3 Å². The lowest BCUT2D eigenvalue weighted by molar-refractivity contribution is -0.404. The van der Waals surface area contributed by atoms with Crippen LogP contribution in [-0.4, -0.2) is 61.9 Å². The van der Waals surface area contributed by atoms with Gasteiger partial charge in [-0.2, -0.15) is 11.8 Å². The van der Waals surface area contributed by atoms with Crippen molar-refractivity contribution in [2.24, 2.45) is 0 Å². The van der Waals surface area contributed by atoms with Crippen molar-refractivity contribution in [2.75, 3.05) is 46.7 Å². The van der Waals surface area contributed by atoms with E-state index in [4.69, 9.17) is 13.9 Å². The highest BCUT2D eigenvalue weighted by Gasteiger charge is 2.12. The quantitative estimate of drug-likeness (QED) is 0.115. The average Bonchev–Trinajstić information content (AvgIpc) is 3.28. The van der Waals surface area contributed by atoms with Gasteiger partial charge in [0.2, 0.25) is 0 Å². The fraction of sp³-hybridized carbons (Fsp3) is 0.520. The van der Waals surface area contributed by atoms with Gasteiger partial charge in [0.25, 0.3) is 6.20 Å². The fourth-order valence-electron chi connectivity index (χ4n) is 3.12. The Bertz CT molecular complexity index is 921. The lowest BCUT2D eigenvalue weighted by Crippen LogP contribution is -2.34.